The van der Waals surface area contributed by atoms with E-state index in [-0.39, 0.29) is 0 Å². The summed E-state index contributed by atoms with van der Waals surface area (Å²) >= 11 is 11.4. The fourth-order valence-electron chi connectivity index (χ4n) is 0.955. The maximum absolute atomic E-state index is 5.71. The van der Waals surface area contributed by atoms with Crippen molar-refractivity contribution in [2.24, 2.45) is 0 Å². The first-order valence-corrected chi connectivity index (χ1v) is 3.81. The van der Waals surface area contributed by atoms with Gasteiger partial charge < -0.3 is 4.98 Å². The van der Waals surface area contributed by atoms with Gasteiger partial charge in [0.2, 0.25) is 0 Å². The molecule has 11 heavy (non-hydrogen) atoms. The van der Waals surface area contributed by atoms with E-state index in [2.05, 4.69) is 9.97 Å². The van der Waals surface area contributed by atoms with Gasteiger partial charge in [-0.1, -0.05) is 23.2 Å². The molecular weight excluding hydrogens is 183 g/mol. The second-order valence-electron chi connectivity index (χ2n) is 2.21. The van der Waals surface area contributed by atoms with Crippen molar-refractivity contribution in [1.82, 2.24) is 9.97 Å². The minimum atomic E-state index is 0.578. The zero-order valence-corrected chi connectivity index (χ0v) is 6.95. The molecule has 2 heterocycles. The van der Waals surface area contributed by atoms with Crippen LogP contribution in [0.1, 0.15) is 0 Å². The quantitative estimate of drug-likeness (QED) is 0.674. The fraction of sp³-hybridized carbons (Fsp3) is 0. The average Bonchev–Trinajstić information content (AvgIpc) is 2.27. The summed E-state index contributed by atoms with van der Waals surface area (Å²) in [5.41, 5.74) is 0.763. The lowest BCUT2D eigenvalue weighted by molar-refractivity contribution is 1.33. The number of rotatable bonds is 0. The summed E-state index contributed by atoms with van der Waals surface area (Å²) in [4.78, 5) is 6.91. The Labute approximate surface area is 73.1 Å². The summed E-state index contributed by atoms with van der Waals surface area (Å²) in [6.45, 7) is 0. The predicted octanol–water partition coefficient (Wildman–Crippen LogP) is 2.87. The number of nitrogens with one attached hydrogen (secondary N) is 1. The van der Waals surface area contributed by atoms with Gasteiger partial charge in [-0.3, -0.25) is 0 Å². The first-order valence-electron chi connectivity index (χ1n) is 3.05. The minimum absolute atomic E-state index is 0.578. The molecule has 0 aromatic carbocycles. The molecular formula is C7H4Cl2N2. The molecule has 0 saturated carbocycles. The zero-order chi connectivity index (χ0) is 7.84. The van der Waals surface area contributed by atoms with Crippen LogP contribution in [0.25, 0.3) is 11.0 Å². The van der Waals surface area contributed by atoms with Crippen LogP contribution in [0, 0.1) is 0 Å². The van der Waals surface area contributed by atoms with E-state index in [1.807, 2.05) is 6.07 Å². The Morgan fingerprint density at radius 1 is 1.27 bits per heavy atom. The van der Waals surface area contributed by atoms with Crippen LogP contribution in [0.4, 0.5) is 0 Å². The van der Waals surface area contributed by atoms with E-state index in [4.69, 9.17) is 23.2 Å². The third-order valence-corrected chi connectivity index (χ3v) is 1.81. The molecule has 0 fully saturated rings. The highest BCUT2D eigenvalue weighted by atomic mass is 35.5. The van der Waals surface area contributed by atoms with Crippen molar-refractivity contribution in [1.29, 1.82) is 0 Å². The lowest BCUT2D eigenvalue weighted by Crippen LogP contribution is -1.73. The Morgan fingerprint density at radius 2 is 2.09 bits per heavy atom. The van der Waals surface area contributed by atoms with E-state index in [0.29, 0.717) is 10.2 Å². The van der Waals surface area contributed by atoms with Gasteiger partial charge in [-0.25, -0.2) is 4.98 Å². The zero-order valence-electron chi connectivity index (χ0n) is 5.44. The van der Waals surface area contributed by atoms with Gasteiger partial charge >= 0.3 is 0 Å². The summed E-state index contributed by atoms with van der Waals surface area (Å²) < 4.78 is 0. The molecule has 2 nitrogen and oxygen atoms in total. The second kappa shape index (κ2) is 2.40. The van der Waals surface area contributed by atoms with Crippen LogP contribution >= 0.6 is 23.2 Å². The monoisotopic (exact) mass is 186 g/mol. The number of halogens is 2. The van der Waals surface area contributed by atoms with Crippen LogP contribution in [-0.2, 0) is 0 Å². The van der Waals surface area contributed by atoms with Gasteiger partial charge in [-0.05, 0) is 12.1 Å². The van der Waals surface area contributed by atoms with Crippen molar-refractivity contribution in [3.63, 3.8) is 0 Å². The van der Waals surface area contributed by atoms with Crippen LogP contribution < -0.4 is 0 Å². The molecule has 0 bridgehead atoms. The van der Waals surface area contributed by atoms with Crippen molar-refractivity contribution < 1.29 is 0 Å². The van der Waals surface area contributed by atoms with Crippen LogP contribution in [0.5, 0.6) is 0 Å². The lowest BCUT2D eigenvalue weighted by Gasteiger charge is -1.87. The number of nitrogens with zero attached hydrogens (tertiary/aromatic N) is 1. The van der Waals surface area contributed by atoms with Crippen molar-refractivity contribution in [2.45, 2.75) is 0 Å². The first-order chi connectivity index (χ1) is 5.25. The number of aromatic amines is 1. The van der Waals surface area contributed by atoms with Crippen molar-refractivity contribution in [2.75, 3.05) is 0 Å². The fourth-order valence-corrected chi connectivity index (χ4v) is 1.33. The highest BCUT2D eigenvalue weighted by Gasteiger charge is 1.98. The predicted molar refractivity (Wildman–Crippen MR) is 46.1 cm³/mol. The van der Waals surface area contributed by atoms with Gasteiger partial charge in [0.25, 0.3) is 0 Å². The molecule has 4 heteroatoms. The van der Waals surface area contributed by atoms with E-state index in [9.17, 15) is 0 Å². The van der Waals surface area contributed by atoms with Gasteiger partial charge in [0.1, 0.15) is 10.8 Å². The van der Waals surface area contributed by atoms with E-state index in [0.717, 1.165) is 11.0 Å². The normalized spacial score (nSPS) is 10.7. The summed E-state index contributed by atoms with van der Waals surface area (Å²) in [5, 5.41) is 2.13. The van der Waals surface area contributed by atoms with E-state index in [1.165, 1.54) is 0 Å². The van der Waals surface area contributed by atoms with Gasteiger partial charge in [-0.2, -0.15) is 0 Å². The van der Waals surface area contributed by atoms with E-state index < -0.39 is 0 Å². The Balaban J connectivity index is 2.82. The van der Waals surface area contributed by atoms with Crippen LogP contribution in [0.15, 0.2) is 18.3 Å². The lowest BCUT2D eigenvalue weighted by atomic mass is 10.3. The van der Waals surface area contributed by atoms with Gasteiger partial charge in [0, 0.05) is 11.6 Å². The highest BCUT2D eigenvalue weighted by molar-refractivity contribution is 6.32. The van der Waals surface area contributed by atoms with Crippen LogP contribution in [-0.4, -0.2) is 9.97 Å². The van der Waals surface area contributed by atoms with Gasteiger partial charge in [0.15, 0.2) is 0 Å². The number of hydrogen-bond donors (Lipinski definition) is 1. The Bertz CT molecular complexity index is 394. The molecule has 1 N–H and O–H groups in total. The molecule has 0 amide bonds. The Kier molecular flexibility index (Phi) is 1.51. The van der Waals surface area contributed by atoms with E-state index >= 15 is 0 Å². The average molecular weight is 187 g/mol. The molecule has 0 atom stereocenters. The number of aromatic nitrogens is 2. The highest BCUT2D eigenvalue weighted by Crippen LogP contribution is 2.19. The SMILES string of the molecule is Clc1cnc2[nH]c(Cl)cc2c1. The summed E-state index contributed by atoms with van der Waals surface area (Å²) in [6.07, 6.45) is 1.58. The topological polar surface area (TPSA) is 28.7 Å². The third-order valence-electron chi connectivity index (χ3n) is 1.40. The van der Waals surface area contributed by atoms with E-state index in [1.54, 1.807) is 12.3 Å². The molecule has 0 spiro atoms. The van der Waals surface area contributed by atoms with Crippen LogP contribution in [0.2, 0.25) is 10.2 Å². The second-order valence-corrected chi connectivity index (χ2v) is 3.05. The first kappa shape index (κ1) is 6.95. The van der Waals surface area contributed by atoms with Gasteiger partial charge in [-0.15, -0.1) is 0 Å². The molecule has 2 rings (SSSR count). The standard InChI is InChI=1S/C7H4Cl2N2/c8-5-1-4-2-6(9)11-7(4)10-3-5/h1-3H,(H,10,11). The summed E-state index contributed by atoms with van der Waals surface area (Å²) in [5.74, 6) is 0. The maximum Gasteiger partial charge on any atom is 0.138 e. The summed E-state index contributed by atoms with van der Waals surface area (Å²) in [7, 11) is 0. The third kappa shape index (κ3) is 1.19. The summed E-state index contributed by atoms with van der Waals surface area (Å²) in [6, 6.07) is 3.60. The number of H-pyrrole nitrogens is 1. The van der Waals surface area contributed by atoms with Crippen LogP contribution in [0.3, 0.4) is 0 Å². The Morgan fingerprint density at radius 3 is 2.91 bits per heavy atom. The molecule has 0 radical (unpaired) electrons. The molecule has 2 aromatic heterocycles. The Hall–Kier alpha value is -0.730. The number of pyridine rings is 1. The molecule has 2 aromatic rings. The van der Waals surface area contributed by atoms with Gasteiger partial charge in [0.05, 0.1) is 5.02 Å². The van der Waals surface area contributed by atoms with Crippen molar-refractivity contribution >= 4 is 34.2 Å². The number of fused-ring (bicyclic) bond motifs is 1. The molecule has 0 aliphatic heterocycles. The molecule has 0 aliphatic rings. The largest absolute Gasteiger partial charge is 0.330 e. The minimum Gasteiger partial charge on any atom is -0.330 e. The molecule has 0 unspecified atom stereocenters. The smallest absolute Gasteiger partial charge is 0.138 e. The van der Waals surface area contributed by atoms with Crippen molar-refractivity contribution in [3.8, 4) is 0 Å². The molecule has 56 valence electrons. The molecule has 0 aliphatic carbocycles. The molecule has 0 saturated heterocycles. The number of hydrogen-bond acceptors (Lipinski definition) is 1. The maximum atomic E-state index is 5.71. The van der Waals surface area contributed by atoms with Crippen molar-refractivity contribution in [3.05, 3.63) is 28.5 Å².